The van der Waals surface area contributed by atoms with Crippen LogP contribution in [0.5, 0.6) is 0 Å². The van der Waals surface area contributed by atoms with Crippen molar-refractivity contribution in [2.45, 2.75) is 11.6 Å². The number of hydrogen-bond donors (Lipinski definition) is 2. The molecule has 1 aromatic heterocycles. The summed E-state index contributed by atoms with van der Waals surface area (Å²) >= 11 is 12.3. The van der Waals surface area contributed by atoms with Crippen molar-refractivity contribution >= 4 is 51.6 Å². The van der Waals surface area contributed by atoms with Gasteiger partial charge in [-0.1, -0.05) is 35.6 Å². The summed E-state index contributed by atoms with van der Waals surface area (Å²) in [4.78, 5) is 8.14. The van der Waals surface area contributed by atoms with E-state index in [0.29, 0.717) is 10.0 Å². The Hall–Kier alpha value is -0.780. The molecule has 3 N–H and O–H groups in total. The molecule has 0 aliphatic rings. The molecule has 2 rings (SSSR count). The van der Waals surface area contributed by atoms with Crippen LogP contribution in [0.1, 0.15) is 6.42 Å². The van der Waals surface area contributed by atoms with Crippen molar-refractivity contribution in [3.63, 3.8) is 0 Å². The van der Waals surface area contributed by atoms with Gasteiger partial charge in [0.1, 0.15) is 0 Å². The van der Waals surface area contributed by atoms with Gasteiger partial charge in [0.05, 0.1) is 16.0 Å². The largest absolute Gasteiger partial charge is 0.393 e. The van der Waals surface area contributed by atoms with Crippen LogP contribution in [0.2, 0.25) is 5.02 Å². The zero-order valence-corrected chi connectivity index (χ0v) is 10.8. The molecule has 1 heterocycles. The molecular weight excluding hydrogens is 262 g/mol. The molecular formula is C10H10ClN3S2. The van der Waals surface area contributed by atoms with Crippen molar-refractivity contribution in [1.29, 1.82) is 0 Å². The summed E-state index contributed by atoms with van der Waals surface area (Å²) in [5, 5.41) is 1.57. The lowest BCUT2D eigenvalue weighted by atomic mass is 10.3. The van der Waals surface area contributed by atoms with Crippen molar-refractivity contribution < 1.29 is 0 Å². The Morgan fingerprint density at radius 2 is 2.38 bits per heavy atom. The van der Waals surface area contributed by atoms with Crippen molar-refractivity contribution in [3.05, 3.63) is 23.2 Å². The highest BCUT2D eigenvalue weighted by Crippen LogP contribution is 2.22. The number of imidazole rings is 1. The van der Waals surface area contributed by atoms with Gasteiger partial charge in [0.15, 0.2) is 5.16 Å². The lowest BCUT2D eigenvalue weighted by Crippen LogP contribution is -2.08. The van der Waals surface area contributed by atoms with Crippen LogP contribution < -0.4 is 5.73 Å². The zero-order chi connectivity index (χ0) is 11.5. The summed E-state index contributed by atoms with van der Waals surface area (Å²) in [6.07, 6.45) is 0.720. The predicted molar refractivity (Wildman–Crippen MR) is 73.2 cm³/mol. The van der Waals surface area contributed by atoms with Gasteiger partial charge in [0.25, 0.3) is 0 Å². The average Bonchev–Trinajstić information content (AvgIpc) is 2.58. The first kappa shape index (κ1) is 11.7. The summed E-state index contributed by atoms with van der Waals surface area (Å²) in [6, 6.07) is 5.58. The molecule has 0 atom stereocenters. The fourth-order valence-electron chi connectivity index (χ4n) is 1.28. The number of thiocarbonyl (C=S) groups is 1. The molecule has 0 bridgehead atoms. The number of thioether (sulfide) groups is 1. The minimum absolute atomic E-state index is 0.534. The molecule has 3 nitrogen and oxygen atoms in total. The number of halogens is 1. The monoisotopic (exact) mass is 271 g/mol. The van der Waals surface area contributed by atoms with Gasteiger partial charge in [-0.15, -0.1) is 0 Å². The van der Waals surface area contributed by atoms with E-state index in [-0.39, 0.29) is 0 Å². The molecule has 0 amide bonds. The first-order valence-electron chi connectivity index (χ1n) is 4.71. The van der Waals surface area contributed by atoms with E-state index in [9.17, 15) is 0 Å². The normalized spacial score (nSPS) is 10.8. The maximum atomic E-state index is 5.89. The molecule has 0 spiro atoms. The Bertz CT molecular complexity index is 524. The van der Waals surface area contributed by atoms with Gasteiger partial charge in [-0.05, 0) is 18.2 Å². The average molecular weight is 272 g/mol. The SMILES string of the molecule is NC(=S)CCSc1nc2ccc(Cl)cc2[nH]1. The van der Waals surface area contributed by atoms with E-state index in [1.807, 2.05) is 18.2 Å². The molecule has 16 heavy (non-hydrogen) atoms. The smallest absolute Gasteiger partial charge is 0.166 e. The Balaban J connectivity index is 2.10. The van der Waals surface area contributed by atoms with Crippen LogP contribution in [-0.2, 0) is 0 Å². The summed E-state index contributed by atoms with van der Waals surface area (Å²) in [6.45, 7) is 0. The highest BCUT2D eigenvalue weighted by Gasteiger charge is 2.03. The zero-order valence-electron chi connectivity index (χ0n) is 8.37. The number of nitrogens with two attached hydrogens (primary N) is 1. The Kier molecular flexibility index (Phi) is 3.68. The first-order chi connectivity index (χ1) is 7.65. The fourth-order valence-corrected chi connectivity index (χ4v) is 2.54. The van der Waals surface area contributed by atoms with E-state index in [2.05, 4.69) is 9.97 Å². The topological polar surface area (TPSA) is 54.7 Å². The molecule has 0 aliphatic heterocycles. The van der Waals surface area contributed by atoms with Crippen LogP contribution in [0.25, 0.3) is 11.0 Å². The van der Waals surface area contributed by atoms with Crippen LogP contribution in [0.4, 0.5) is 0 Å². The molecule has 0 saturated carbocycles. The summed E-state index contributed by atoms with van der Waals surface area (Å²) in [5.41, 5.74) is 7.29. The Morgan fingerprint density at radius 3 is 3.12 bits per heavy atom. The summed E-state index contributed by atoms with van der Waals surface area (Å²) in [7, 11) is 0. The van der Waals surface area contributed by atoms with Crippen LogP contribution in [0, 0.1) is 0 Å². The number of nitrogens with one attached hydrogen (secondary N) is 1. The van der Waals surface area contributed by atoms with Crippen molar-refractivity contribution in [1.82, 2.24) is 9.97 Å². The minimum Gasteiger partial charge on any atom is -0.393 e. The fraction of sp³-hybridized carbons (Fsp3) is 0.200. The van der Waals surface area contributed by atoms with Crippen molar-refractivity contribution in [3.8, 4) is 0 Å². The lowest BCUT2D eigenvalue weighted by molar-refractivity contribution is 1.08. The number of nitrogens with zero attached hydrogens (tertiary/aromatic N) is 1. The van der Waals surface area contributed by atoms with E-state index in [1.165, 1.54) is 0 Å². The molecule has 0 radical (unpaired) electrons. The van der Waals surface area contributed by atoms with Crippen LogP contribution in [0.15, 0.2) is 23.4 Å². The number of H-pyrrole nitrogens is 1. The third-order valence-corrected chi connectivity index (χ3v) is 3.32. The Labute approximate surface area is 108 Å². The lowest BCUT2D eigenvalue weighted by Gasteiger charge is -1.95. The highest BCUT2D eigenvalue weighted by atomic mass is 35.5. The van der Waals surface area contributed by atoms with Crippen LogP contribution in [-0.4, -0.2) is 20.7 Å². The second-order valence-corrected chi connectivity index (χ2v) is 5.31. The van der Waals surface area contributed by atoms with E-state index in [1.54, 1.807) is 11.8 Å². The number of benzene rings is 1. The van der Waals surface area contributed by atoms with Crippen molar-refractivity contribution in [2.24, 2.45) is 5.73 Å². The molecule has 0 saturated heterocycles. The third-order valence-electron chi connectivity index (χ3n) is 2.01. The maximum absolute atomic E-state index is 5.89. The van der Waals surface area contributed by atoms with E-state index in [0.717, 1.165) is 28.4 Å². The molecule has 0 fully saturated rings. The maximum Gasteiger partial charge on any atom is 0.166 e. The van der Waals surface area contributed by atoms with Crippen LogP contribution >= 0.6 is 35.6 Å². The molecule has 84 valence electrons. The van der Waals surface area contributed by atoms with Gasteiger partial charge in [-0.25, -0.2) is 4.98 Å². The standard InChI is InChI=1S/C10H10ClN3S2/c11-6-1-2-7-8(5-6)14-10(13-7)16-4-3-9(12)15/h1-2,5H,3-4H2,(H2,12,15)(H,13,14). The molecule has 0 aliphatic carbocycles. The van der Waals surface area contributed by atoms with Gasteiger partial charge in [0, 0.05) is 17.2 Å². The molecule has 2 aromatic rings. The van der Waals surface area contributed by atoms with Gasteiger partial charge in [-0.3, -0.25) is 0 Å². The number of aromatic nitrogens is 2. The van der Waals surface area contributed by atoms with Crippen molar-refractivity contribution in [2.75, 3.05) is 5.75 Å². The number of hydrogen-bond acceptors (Lipinski definition) is 3. The Morgan fingerprint density at radius 1 is 1.56 bits per heavy atom. The van der Waals surface area contributed by atoms with Gasteiger partial charge >= 0.3 is 0 Å². The third kappa shape index (κ3) is 2.87. The van der Waals surface area contributed by atoms with E-state index < -0.39 is 0 Å². The second-order valence-electron chi connectivity index (χ2n) is 3.27. The number of aromatic amines is 1. The number of fused-ring (bicyclic) bond motifs is 1. The number of rotatable bonds is 4. The van der Waals surface area contributed by atoms with Gasteiger partial charge < -0.3 is 10.7 Å². The summed E-state index contributed by atoms with van der Waals surface area (Å²) < 4.78 is 0. The van der Waals surface area contributed by atoms with E-state index >= 15 is 0 Å². The molecule has 0 unspecified atom stereocenters. The summed E-state index contributed by atoms with van der Waals surface area (Å²) in [5.74, 6) is 0.836. The molecule has 1 aromatic carbocycles. The first-order valence-corrected chi connectivity index (χ1v) is 6.49. The predicted octanol–water partition coefficient (Wildman–Crippen LogP) is 2.98. The molecule has 6 heteroatoms. The highest BCUT2D eigenvalue weighted by molar-refractivity contribution is 7.99. The quantitative estimate of drug-likeness (QED) is 0.663. The minimum atomic E-state index is 0.534. The van der Waals surface area contributed by atoms with E-state index in [4.69, 9.17) is 29.6 Å². The second kappa shape index (κ2) is 5.03. The van der Waals surface area contributed by atoms with Crippen LogP contribution in [0.3, 0.4) is 0 Å². The van der Waals surface area contributed by atoms with Gasteiger partial charge in [-0.2, -0.15) is 0 Å². The van der Waals surface area contributed by atoms with Gasteiger partial charge in [0.2, 0.25) is 0 Å².